The molecule has 0 spiro atoms. The largest absolute Gasteiger partial charge is 0.489 e. The summed E-state index contributed by atoms with van der Waals surface area (Å²) < 4.78 is 5.79. The summed E-state index contributed by atoms with van der Waals surface area (Å²) in [5.41, 5.74) is 1.78. The molecule has 2 amide bonds. The number of hydrogen-bond donors (Lipinski definition) is 1. The molecule has 2 aromatic carbocycles. The smallest absolute Gasteiger partial charge is 0.321 e. The van der Waals surface area contributed by atoms with Gasteiger partial charge >= 0.3 is 6.03 Å². The quantitative estimate of drug-likeness (QED) is 0.917. The maximum absolute atomic E-state index is 12.4. The zero-order valence-electron chi connectivity index (χ0n) is 14.0. The molecular formula is C20H21N3O2. The van der Waals surface area contributed by atoms with Gasteiger partial charge in [0, 0.05) is 24.8 Å². The van der Waals surface area contributed by atoms with Crippen molar-refractivity contribution in [2.24, 2.45) is 5.92 Å². The lowest BCUT2D eigenvalue weighted by Crippen LogP contribution is -2.42. The number of carbonyl (C=O) groups is 1. The number of likely N-dealkylation sites (tertiary alicyclic amines) is 1. The van der Waals surface area contributed by atoms with Crippen molar-refractivity contribution in [1.82, 2.24) is 4.90 Å². The van der Waals surface area contributed by atoms with Crippen molar-refractivity contribution in [3.63, 3.8) is 0 Å². The molecule has 128 valence electrons. The molecule has 0 aromatic heterocycles. The number of nitrogens with one attached hydrogen (secondary N) is 1. The first-order chi connectivity index (χ1) is 12.2. The first kappa shape index (κ1) is 16.8. The summed E-state index contributed by atoms with van der Waals surface area (Å²) in [6.07, 6.45) is 1.73. The van der Waals surface area contributed by atoms with Gasteiger partial charge in [0.25, 0.3) is 0 Å². The average molecular weight is 335 g/mol. The second-order valence-corrected chi connectivity index (χ2v) is 6.15. The summed E-state index contributed by atoms with van der Waals surface area (Å²) in [7, 11) is 0. The Kier molecular flexibility index (Phi) is 5.53. The molecule has 0 unspecified atom stereocenters. The molecule has 25 heavy (non-hydrogen) atoms. The van der Waals surface area contributed by atoms with Crippen molar-refractivity contribution in [2.75, 3.05) is 18.4 Å². The van der Waals surface area contributed by atoms with E-state index in [-0.39, 0.29) is 11.9 Å². The van der Waals surface area contributed by atoms with Crippen LogP contribution >= 0.6 is 0 Å². The molecule has 0 aliphatic carbocycles. The third-order valence-corrected chi connectivity index (χ3v) is 4.22. The van der Waals surface area contributed by atoms with Gasteiger partial charge in [0.15, 0.2) is 0 Å². The van der Waals surface area contributed by atoms with Crippen molar-refractivity contribution >= 4 is 11.7 Å². The second kappa shape index (κ2) is 8.20. The van der Waals surface area contributed by atoms with Crippen molar-refractivity contribution in [3.05, 3.63) is 60.2 Å². The number of rotatable bonds is 4. The first-order valence-electron chi connectivity index (χ1n) is 8.47. The number of hydrogen-bond acceptors (Lipinski definition) is 3. The third-order valence-electron chi connectivity index (χ3n) is 4.22. The van der Waals surface area contributed by atoms with Gasteiger partial charge in [-0.3, -0.25) is 0 Å². The van der Waals surface area contributed by atoms with Crippen molar-refractivity contribution in [3.8, 4) is 11.8 Å². The monoisotopic (exact) mass is 335 g/mol. The van der Waals surface area contributed by atoms with Gasteiger partial charge in [-0.15, -0.1) is 0 Å². The molecule has 1 aliphatic rings. The van der Waals surface area contributed by atoms with Crippen LogP contribution in [0.2, 0.25) is 0 Å². The van der Waals surface area contributed by atoms with E-state index in [1.807, 2.05) is 54.6 Å². The molecule has 3 rings (SSSR count). The van der Waals surface area contributed by atoms with Gasteiger partial charge in [0.2, 0.25) is 0 Å². The van der Waals surface area contributed by atoms with E-state index in [2.05, 4.69) is 11.4 Å². The van der Waals surface area contributed by atoms with Crippen molar-refractivity contribution in [2.45, 2.75) is 19.4 Å². The van der Waals surface area contributed by atoms with E-state index in [0.717, 1.165) is 18.4 Å². The maximum atomic E-state index is 12.4. The van der Waals surface area contributed by atoms with E-state index in [0.29, 0.717) is 31.1 Å². The lowest BCUT2D eigenvalue weighted by atomic mass is 10.0. The molecule has 1 atom stereocenters. The fraction of sp³-hybridized carbons (Fsp3) is 0.300. The summed E-state index contributed by atoms with van der Waals surface area (Å²) in [5, 5.41) is 11.9. The van der Waals surface area contributed by atoms with Crippen LogP contribution in [0.3, 0.4) is 0 Å². The zero-order chi connectivity index (χ0) is 17.5. The number of ether oxygens (including phenoxy) is 1. The average Bonchev–Trinajstić information content (AvgIpc) is 2.67. The van der Waals surface area contributed by atoms with Gasteiger partial charge in [0.1, 0.15) is 12.4 Å². The van der Waals surface area contributed by atoms with Crippen LogP contribution in [0, 0.1) is 17.2 Å². The Balaban J connectivity index is 1.58. The third kappa shape index (κ3) is 4.74. The molecule has 0 saturated carbocycles. The number of nitriles is 1. The predicted octanol–water partition coefficient (Wildman–Crippen LogP) is 4.03. The van der Waals surface area contributed by atoms with E-state index in [1.165, 1.54) is 0 Å². The van der Waals surface area contributed by atoms with E-state index < -0.39 is 0 Å². The van der Waals surface area contributed by atoms with Gasteiger partial charge in [-0.25, -0.2) is 4.79 Å². The topological polar surface area (TPSA) is 65.4 Å². The summed E-state index contributed by atoms with van der Waals surface area (Å²) >= 11 is 0. The summed E-state index contributed by atoms with van der Waals surface area (Å²) in [4.78, 5) is 14.1. The fourth-order valence-electron chi connectivity index (χ4n) is 2.87. The highest BCUT2D eigenvalue weighted by atomic mass is 16.5. The minimum absolute atomic E-state index is 0.0694. The number of nitrogens with zero attached hydrogens (tertiary/aromatic N) is 2. The Bertz CT molecular complexity index is 755. The highest BCUT2D eigenvalue weighted by molar-refractivity contribution is 5.89. The molecule has 1 fully saturated rings. The second-order valence-electron chi connectivity index (χ2n) is 6.15. The number of anilines is 1. The van der Waals surface area contributed by atoms with Crippen LogP contribution in [-0.4, -0.2) is 24.0 Å². The number of amides is 2. The zero-order valence-corrected chi connectivity index (χ0v) is 14.0. The fourth-order valence-corrected chi connectivity index (χ4v) is 2.87. The molecule has 1 aliphatic heterocycles. The van der Waals surface area contributed by atoms with E-state index in [9.17, 15) is 4.79 Å². The Morgan fingerprint density at radius 1 is 1.24 bits per heavy atom. The van der Waals surface area contributed by atoms with Gasteiger partial charge < -0.3 is 15.0 Å². The van der Waals surface area contributed by atoms with Crippen LogP contribution < -0.4 is 10.1 Å². The van der Waals surface area contributed by atoms with Crippen LogP contribution in [0.5, 0.6) is 5.75 Å². The number of piperidine rings is 1. The summed E-state index contributed by atoms with van der Waals surface area (Å²) in [6.45, 7) is 1.66. The molecule has 0 bridgehead atoms. The summed E-state index contributed by atoms with van der Waals surface area (Å²) in [5.74, 6) is 0.634. The maximum Gasteiger partial charge on any atom is 0.321 e. The van der Waals surface area contributed by atoms with Crippen molar-refractivity contribution in [1.29, 1.82) is 5.26 Å². The lowest BCUT2D eigenvalue weighted by molar-refractivity contribution is 0.189. The van der Waals surface area contributed by atoms with Crippen LogP contribution in [-0.2, 0) is 6.61 Å². The van der Waals surface area contributed by atoms with Crippen LogP contribution in [0.4, 0.5) is 10.5 Å². The van der Waals surface area contributed by atoms with E-state index in [1.54, 1.807) is 4.90 Å². The Morgan fingerprint density at radius 2 is 2.08 bits per heavy atom. The van der Waals surface area contributed by atoms with Gasteiger partial charge in [-0.05, 0) is 30.5 Å². The van der Waals surface area contributed by atoms with Gasteiger partial charge in [-0.1, -0.05) is 36.4 Å². The molecule has 5 heteroatoms. The molecular weight excluding hydrogens is 314 g/mol. The van der Waals surface area contributed by atoms with E-state index >= 15 is 0 Å². The number of carbonyl (C=O) groups excluding carboxylic acids is 1. The molecule has 1 N–H and O–H groups in total. The lowest BCUT2D eigenvalue weighted by Gasteiger charge is -2.29. The molecule has 1 heterocycles. The van der Waals surface area contributed by atoms with Gasteiger partial charge in [-0.2, -0.15) is 5.26 Å². The minimum Gasteiger partial charge on any atom is -0.489 e. The van der Waals surface area contributed by atoms with Crippen LogP contribution in [0.25, 0.3) is 0 Å². The standard InChI is InChI=1S/C20H21N3O2/c21-13-17-8-5-11-23(14-17)20(24)22-18-9-4-10-19(12-18)25-15-16-6-2-1-3-7-16/h1-4,6-7,9-10,12,17H,5,8,11,14-15H2,(H,22,24)/t17-/m1/s1. The first-order valence-corrected chi connectivity index (χ1v) is 8.47. The Labute approximate surface area is 147 Å². The highest BCUT2D eigenvalue weighted by Gasteiger charge is 2.23. The molecule has 1 saturated heterocycles. The van der Waals surface area contributed by atoms with E-state index in [4.69, 9.17) is 10.00 Å². The Hall–Kier alpha value is -3.00. The number of urea groups is 1. The van der Waals surface area contributed by atoms with Crippen LogP contribution in [0.1, 0.15) is 18.4 Å². The van der Waals surface area contributed by atoms with Crippen LogP contribution in [0.15, 0.2) is 54.6 Å². The molecule has 0 radical (unpaired) electrons. The van der Waals surface area contributed by atoms with Gasteiger partial charge in [0.05, 0.1) is 12.0 Å². The van der Waals surface area contributed by atoms with Crippen molar-refractivity contribution < 1.29 is 9.53 Å². The Morgan fingerprint density at radius 3 is 2.88 bits per heavy atom. The SMILES string of the molecule is N#C[C@H]1CCCN(C(=O)Nc2cccc(OCc3ccccc3)c2)C1. The molecule has 5 nitrogen and oxygen atoms in total. The minimum atomic E-state index is -0.167. The normalized spacial score (nSPS) is 16.8. The molecule has 2 aromatic rings. The predicted molar refractivity (Wildman–Crippen MR) is 96.1 cm³/mol. The summed E-state index contributed by atoms with van der Waals surface area (Å²) in [6, 6.07) is 19.4. The highest BCUT2D eigenvalue weighted by Crippen LogP contribution is 2.21. The number of benzene rings is 2.